The largest absolute Gasteiger partial charge is 0.490 e. The van der Waals surface area contributed by atoms with Crippen LogP contribution in [-0.2, 0) is 0 Å². The Labute approximate surface area is 118 Å². The third-order valence-electron chi connectivity index (χ3n) is 3.56. The Morgan fingerprint density at radius 3 is 2.50 bits per heavy atom. The molecule has 1 aromatic rings. The molecule has 2 nitrogen and oxygen atoms in total. The fourth-order valence-electron chi connectivity index (χ4n) is 2.52. The number of hydrogen-bond donors (Lipinski definition) is 1. The van der Waals surface area contributed by atoms with E-state index in [2.05, 4.69) is 22.0 Å². The van der Waals surface area contributed by atoms with Crippen molar-refractivity contribution in [1.82, 2.24) is 0 Å². The van der Waals surface area contributed by atoms with Gasteiger partial charge in [-0.15, -0.1) is 0 Å². The molecule has 1 aliphatic rings. The molecule has 1 fully saturated rings. The van der Waals surface area contributed by atoms with Gasteiger partial charge in [0, 0.05) is 16.1 Å². The topological polar surface area (TPSA) is 35.2 Å². The first-order valence-electron chi connectivity index (χ1n) is 6.88. The summed E-state index contributed by atoms with van der Waals surface area (Å²) >= 11 is 3.49. The van der Waals surface area contributed by atoms with Gasteiger partial charge in [0.2, 0.25) is 0 Å². The van der Waals surface area contributed by atoms with E-state index in [0.29, 0.717) is 6.10 Å². The molecule has 100 valence electrons. The zero-order valence-corrected chi connectivity index (χ0v) is 12.6. The lowest BCUT2D eigenvalue weighted by molar-refractivity contribution is 0.181. The maximum absolute atomic E-state index is 6.18. The van der Waals surface area contributed by atoms with Gasteiger partial charge >= 0.3 is 0 Å². The summed E-state index contributed by atoms with van der Waals surface area (Å²) in [6, 6.07) is 6.13. The minimum Gasteiger partial charge on any atom is -0.490 e. The van der Waals surface area contributed by atoms with E-state index in [0.717, 1.165) is 15.8 Å². The van der Waals surface area contributed by atoms with E-state index in [-0.39, 0.29) is 6.04 Å². The van der Waals surface area contributed by atoms with Gasteiger partial charge in [-0.25, -0.2) is 0 Å². The molecule has 18 heavy (non-hydrogen) atoms. The van der Waals surface area contributed by atoms with Crippen molar-refractivity contribution in [3.05, 3.63) is 28.2 Å². The molecule has 0 aliphatic heterocycles. The van der Waals surface area contributed by atoms with Crippen LogP contribution in [0.5, 0.6) is 5.75 Å². The van der Waals surface area contributed by atoms with Gasteiger partial charge < -0.3 is 10.5 Å². The molecule has 0 aromatic heterocycles. The molecule has 2 rings (SSSR count). The quantitative estimate of drug-likeness (QED) is 0.830. The van der Waals surface area contributed by atoms with E-state index >= 15 is 0 Å². The molecule has 0 saturated heterocycles. The van der Waals surface area contributed by atoms with Gasteiger partial charge in [-0.1, -0.05) is 28.8 Å². The van der Waals surface area contributed by atoms with Crippen LogP contribution in [0, 0.1) is 0 Å². The van der Waals surface area contributed by atoms with Crippen LogP contribution in [-0.4, -0.2) is 6.10 Å². The summed E-state index contributed by atoms with van der Waals surface area (Å²) in [5, 5.41) is 0. The fraction of sp³-hybridized carbons (Fsp3) is 0.600. The maximum Gasteiger partial charge on any atom is 0.124 e. The molecule has 0 bridgehead atoms. The Morgan fingerprint density at radius 2 is 1.89 bits per heavy atom. The third-order valence-corrected chi connectivity index (χ3v) is 4.05. The van der Waals surface area contributed by atoms with Crippen LogP contribution in [0.25, 0.3) is 0 Å². The van der Waals surface area contributed by atoms with Gasteiger partial charge in [-0.3, -0.25) is 0 Å². The first-order chi connectivity index (χ1) is 8.66. The minimum atomic E-state index is 0.00304. The number of benzene rings is 1. The molecule has 3 heteroatoms. The van der Waals surface area contributed by atoms with Gasteiger partial charge in [0.15, 0.2) is 0 Å². The number of hydrogen-bond acceptors (Lipinski definition) is 2. The Hall–Kier alpha value is -0.540. The van der Waals surface area contributed by atoms with Crippen molar-refractivity contribution in [2.24, 2.45) is 5.73 Å². The van der Waals surface area contributed by atoms with Crippen LogP contribution in [0.2, 0.25) is 0 Å². The van der Waals surface area contributed by atoms with Crippen LogP contribution >= 0.6 is 15.9 Å². The standard InChI is InChI=1S/C15H22BrNO/c1-11(17)14-10-12(16)8-9-15(14)18-13-6-4-2-3-5-7-13/h8-11,13H,2-7,17H2,1H3. The SMILES string of the molecule is CC(N)c1cc(Br)ccc1OC1CCCCCC1. The zero-order valence-electron chi connectivity index (χ0n) is 11.0. The summed E-state index contributed by atoms with van der Waals surface area (Å²) in [5.74, 6) is 0.958. The van der Waals surface area contributed by atoms with Crippen LogP contribution in [0.15, 0.2) is 22.7 Å². The predicted octanol–water partition coefficient (Wildman–Crippen LogP) is 4.57. The average Bonchev–Trinajstić information content (AvgIpc) is 2.60. The van der Waals surface area contributed by atoms with E-state index in [1.165, 1.54) is 38.5 Å². The van der Waals surface area contributed by atoms with Crippen LogP contribution in [0.3, 0.4) is 0 Å². The lowest BCUT2D eigenvalue weighted by Crippen LogP contribution is -2.17. The Morgan fingerprint density at radius 1 is 1.22 bits per heavy atom. The average molecular weight is 312 g/mol. The molecular weight excluding hydrogens is 290 g/mol. The normalized spacial score (nSPS) is 19.3. The molecule has 1 atom stereocenters. The lowest BCUT2D eigenvalue weighted by Gasteiger charge is -2.21. The van der Waals surface area contributed by atoms with Gasteiger partial charge in [-0.2, -0.15) is 0 Å². The second-order valence-corrected chi connectivity index (χ2v) is 6.12. The molecule has 1 aromatic carbocycles. The van der Waals surface area contributed by atoms with Gasteiger partial charge in [0.1, 0.15) is 5.75 Å². The molecular formula is C15H22BrNO. The summed E-state index contributed by atoms with van der Waals surface area (Å²) < 4.78 is 7.24. The number of nitrogens with two attached hydrogens (primary N) is 1. The highest BCUT2D eigenvalue weighted by atomic mass is 79.9. The molecule has 1 aliphatic carbocycles. The number of halogens is 1. The molecule has 1 saturated carbocycles. The summed E-state index contributed by atoms with van der Waals surface area (Å²) in [4.78, 5) is 0. The van der Waals surface area contributed by atoms with Gasteiger partial charge in [0.25, 0.3) is 0 Å². The van der Waals surface area contributed by atoms with Gasteiger partial charge in [0.05, 0.1) is 6.10 Å². The number of rotatable bonds is 3. The zero-order chi connectivity index (χ0) is 13.0. The van der Waals surface area contributed by atoms with E-state index in [9.17, 15) is 0 Å². The highest BCUT2D eigenvalue weighted by Gasteiger charge is 2.16. The summed E-state index contributed by atoms with van der Waals surface area (Å²) in [6.07, 6.45) is 7.98. The molecule has 1 unspecified atom stereocenters. The summed E-state index contributed by atoms with van der Waals surface area (Å²) in [7, 11) is 0. The first-order valence-corrected chi connectivity index (χ1v) is 7.68. The minimum absolute atomic E-state index is 0.00304. The summed E-state index contributed by atoms with van der Waals surface area (Å²) in [5.41, 5.74) is 7.11. The van der Waals surface area contributed by atoms with Crippen molar-refractivity contribution in [3.8, 4) is 5.75 Å². The van der Waals surface area contributed by atoms with Crippen molar-refractivity contribution in [3.63, 3.8) is 0 Å². The van der Waals surface area contributed by atoms with Crippen molar-refractivity contribution >= 4 is 15.9 Å². The maximum atomic E-state index is 6.18. The second-order valence-electron chi connectivity index (χ2n) is 5.20. The van der Waals surface area contributed by atoms with E-state index in [4.69, 9.17) is 10.5 Å². The number of ether oxygens (including phenoxy) is 1. The van der Waals surface area contributed by atoms with Crippen LogP contribution in [0.4, 0.5) is 0 Å². The molecule has 0 radical (unpaired) electrons. The van der Waals surface area contributed by atoms with Gasteiger partial charge in [-0.05, 0) is 50.8 Å². The van der Waals surface area contributed by atoms with Crippen molar-refractivity contribution in [2.75, 3.05) is 0 Å². The Bertz CT molecular complexity index is 384. The summed E-state index contributed by atoms with van der Waals surface area (Å²) in [6.45, 7) is 2.00. The molecule has 0 spiro atoms. The van der Waals surface area contributed by atoms with E-state index in [1.54, 1.807) is 0 Å². The molecule has 2 N–H and O–H groups in total. The fourth-order valence-corrected chi connectivity index (χ4v) is 2.90. The van der Waals surface area contributed by atoms with Crippen LogP contribution < -0.4 is 10.5 Å². The Balaban J connectivity index is 2.12. The highest BCUT2D eigenvalue weighted by molar-refractivity contribution is 9.10. The van der Waals surface area contributed by atoms with Crippen LogP contribution in [0.1, 0.15) is 57.1 Å². The predicted molar refractivity (Wildman–Crippen MR) is 78.9 cm³/mol. The van der Waals surface area contributed by atoms with Crippen molar-refractivity contribution in [1.29, 1.82) is 0 Å². The Kier molecular flexibility index (Phi) is 5.07. The highest BCUT2D eigenvalue weighted by Crippen LogP contribution is 2.30. The smallest absolute Gasteiger partial charge is 0.124 e. The lowest BCUT2D eigenvalue weighted by atomic mass is 10.1. The van der Waals surface area contributed by atoms with Crippen molar-refractivity contribution in [2.45, 2.75) is 57.6 Å². The third kappa shape index (κ3) is 3.72. The van der Waals surface area contributed by atoms with E-state index < -0.39 is 0 Å². The monoisotopic (exact) mass is 311 g/mol. The van der Waals surface area contributed by atoms with E-state index in [1.807, 2.05) is 19.1 Å². The molecule has 0 heterocycles. The second kappa shape index (κ2) is 6.58. The van der Waals surface area contributed by atoms with Crippen molar-refractivity contribution < 1.29 is 4.74 Å². The first kappa shape index (κ1) is 13.9. The molecule has 0 amide bonds.